The van der Waals surface area contributed by atoms with Gasteiger partial charge in [0.25, 0.3) is 0 Å². The Hall–Kier alpha value is -2.22. The maximum Gasteiger partial charge on any atom is 0.119 e. The molecule has 0 saturated heterocycles. The van der Waals surface area contributed by atoms with Crippen LogP contribution in [-0.2, 0) is 13.1 Å². The number of aliphatic hydroxyl groups is 1. The molecular formula is C17H19NO3. The minimum absolute atomic E-state index is 0.143. The van der Waals surface area contributed by atoms with E-state index < -0.39 is 0 Å². The molecule has 0 fully saturated rings. The van der Waals surface area contributed by atoms with Crippen molar-refractivity contribution in [3.8, 4) is 17.6 Å². The van der Waals surface area contributed by atoms with Gasteiger partial charge in [-0.2, -0.15) is 0 Å². The van der Waals surface area contributed by atoms with E-state index >= 15 is 0 Å². The van der Waals surface area contributed by atoms with Crippen molar-refractivity contribution in [1.82, 2.24) is 4.90 Å². The fourth-order valence-corrected chi connectivity index (χ4v) is 2.13. The number of ether oxygens (including phenoxy) is 1. The molecule has 1 aromatic heterocycles. The molecule has 0 spiro atoms. The van der Waals surface area contributed by atoms with Crippen LogP contribution in [0.5, 0.6) is 5.75 Å². The quantitative estimate of drug-likeness (QED) is 0.856. The van der Waals surface area contributed by atoms with Gasteiger partial charge in [0, 0.05) is 24.2 Å². The molecule has 0 amide bonds. The number of hydrogen-bond acceptors (Lipinski definition) is 4. The van der Waals surface area contributed by atoms with Crippen molar-refractivity contribution in [1.29, 1.82) is 0 Å². The second kappa shape index (κ2) is 7.53. The summed E-state index contributed by atoms with van der Waals surface area (Å²) in [6.45, 7) is 1.38. The van der Waals surface area contributed by atoms with E-state index in [0.717, 1.165) is 35.5 Å². The second-order valence-electron chi connectivity index (χ2n) is 4.79. The number of rotatable bonds is 5. The van der Waals surface area contributed by atoms with Gasteiger partial charge in [0.1, 0.15) is 12.4 Å². The van der Waals surface area contributed by atoms with Crippen molar-refractivity contribution < 1.29 is 14.3 Å². The zero-order valence-corrected chi connectivity index (χ0v) is 12.3. The molecule has 0 aliphatic carbocycles. The third-order valence-corrected chi connectivity index (χ3v) is 3.09. The standard InChI is InChI=1S/C17H19NO3/c1-18(11-14-7-9-21-13-14)12-16-10-17(20-2)6-5-15(16)4-3-8-19/h5-7,9-10,13,19H,8,11-12H2,1-2H3. The van der Waals surface area contributed by atoms with E-state index in [-0.39, 0.29) is 6.61 Å². The Labute approximate surface area is 125 Å². The Balaban J connectivity index is 2.15. The highest BCUT2D eigenvalue weighted by Crippen LogP contribution is 2.19. The molecule has 1 heterocycles. The summed E-state index contributed by atoms with van der Waals surface area (Å²) in [6, 6.07) is 7.73. The Morgan fingerprint density at radius 2 is 2.14 bits per heavy atom. The predicted molar refractivity (Wildman–Crippen MR) is 80.8 cm³/mol. The van der Waals surface area contributed by atoms with Crippen molar-refractivity contribution in [2.45, 2.75) is 13.1 Å². The molecule has 4 heteroatoms. The average molecular weight is 285 g/mol. The molecule has 2 rings (SSSR count). The fourth-order valence-electron chi connectivity index (χ4n) is 2.13. The summed E-state index contributed by atoms with van der Waals surface area (Å²) in [6.07, 6.45) is 3.42. The van der Waals surface area contributed by atoms with Gasteiger partial charge in [-0.15, -0.1) is 0 Å². The van der Waals surface area contributed by atoms with Crippen LogP contribution in [0.25, 0.3) is 0 Å². The third-order valence-electron chi connectivity index (χ3n) is 3.09. The van der Waals surface area contributed by atoms with Gasteiger partial charge in [-0.1, -0.05) is 11.8 Å². The normalized spacial score (nSPS) is 10.3. The highest BCUT2D eigenvalue weighted by atomic mass is 16.5. The predicted octanol–water partition coefficient (Wildman–Crippen LogP) is 2.26. The van der Waals surface area contributed by atoms with Crippen LogP contribution in [0.3, 0.4) is 0 Å². The molecule has 21 heavy (non-hydrogen) atoms. The van der Waals surface area contributed by atoms with Gasteiger partial charge in [0.15, 0.2) is 0 Å². The van der Waals surface area contributed by atoms with Gasteiger partial charge in [-0.3, -0.25) is 4.90 Å². The van der Waals surface area contributed by atoms with Crippen LogP contribution in [0.15, 0.2) is 41.2 Å². The van der Waals surface area contributed by atoms with E-state index in [1.54, 1.807) is 19.6 Å². The Kier molecular flexibility index (Phi) is 5.44. The first kappa shape index (κ1) is 15.2. The van der Waals surface area contributed by atoms with Crippen LogP contribution in [0.4, 0.5) is 0 Å². The first-order chi connectivity index (χ1) is 10.2. The molecule has 0 bridgehead atoms. The SMILES string of the molecule is COc1ccc(C#CCO)c(CN(C)Cc2ccoc2)c1. The number of aliphatic hydroxyl groups excluding tert-OH is 1. The zero-order chi connectivity index (χ0) is 15.1. The monoisotopic (exact) mass is 285 g/mol. The summed E-state index contributed by atoms with van der Waals surface area (Å²) < 4.78 is 10.4. The summed E-state index contributed by atoms with van der Waals surface area (Å²) >= 11 is 0. The van der Waals surface area contributed by atoms with Crippen LogP contribution in [0.2, 0.25) is 0 Å². The molecular weight excluding hydrogens is 266 g/mol. The van der Waals surface area contributed by atoms with Gasteiger partial charge in [0.2, 0.25) is 0 Å². The second-order valence-corrected chi connectivity index (χ2v) is 4.79. The first-order valence-electron chi connectivity index (χ1n) is 6.69. The van der Waals surface area contributed by atoms with Crippen molar-refractivity contribution >= 4 is 0 Å². The fraction of sp³-hybridized carbons (Fsp3) is 0.294. The van der Waals surface area contributed by atoms with E-state index in [1.807, 2.05) is 31.3 Å². The number of methoxy groups -OCH3 is 1. The van der Waals surface area contributed by atoms with Crippen LogP contribution in [0, 0.1) is 11.8 Å². The summed E-state index contributed by atoms with van der Waals surface area (Å²) in [4.78, 5) is 2.17. The van der Waals surface area contributed by atoms with E-state index in [4.69, 9.17) is 14.3 Å². The largest absolute Gasteiger partial charge is 0.497 e. The van der Waals surface area contributed by atoms with Crippen LogP contribution < -0.4 is 4.74 Å². The number of hydrogen-bond donors (Lipinski definition) is 1. The summed E-state index contributed by atoms with van der Waals surface area (Å²) in [5.41, 5.74) is 3.11. The molecule has 2 aromatic rings. The van der Waals surface area contributed by atoms with Gasteiger partial charge >= 0.3 is 0 Å². The molecule has 4 nitrogen and oxygen atoms in total. The van der Waals surface area contributed by atoms with Gasteiger partial charge in [-0.05, 0) is 36.9 Å². The Morgan fingerprint density at radius 3 is 2.81 bits per heavy atom. The van der Waals surface area contributed by atoms with Crippen LogP contribution in [-0.4, -0.2) is 30.8 Å². The molecule has 0 radical (unpaired) electrons. The third kappa shape index (κ3) is 4.38. The maximum atomic E-state index is 8.85. The van der Waals surface area contributed by atoms with E-state index in [0.29, 0.717) is 0 Å². The lowest BCUT2D eigenvalue weighted by atomic mass is 10.1. The molecule has 0 saturated carbocycles. The lowest BCUT2D eigenvalue weighted by Crippen LogP contribution is -2.17. The summed E-state index contributed by atoms with van der Waals surface area (Å²) in [5, 5.41) is 8.85. The van der Waals surface area contributed by atoms with Crippen LogP contribution in [0.1, 0.15) is 16.7 Å². The van der Waals surface area contributed by atoms with Crippen LogP contribution >= 0.6 is 0 Å². The topological polar surface area (TPSA) is 45.8 Å². The zero-order valence-electron chi connectivity index (χ0n) is 12.3. The van der Waals surface area contributed by atoms with E-state index in [2.05, 4.69) is 16.7 Å². The molecule has 1 N–H and O–H groups in total. The minimum Gasteiger partial charge on any atom is -0.497 e. The molecule has 0 atom stereocenters. The smallest absolute Gasteiger partial charge is 0.119 e. The van der Waals surface area contributed by atoms with Gasteiger partial charge in [0.05, 0.1) is 19.6 Å². The number of furan rings is 1. The van der Waals surface area contributed by atoms with Crippen molar-refractivity contribution in [3.63, 3.8) is 0 Å². The number of benzene rings is 1. The Morgan fingerprint density at radius 1 is 1.29 bits per heavy atom. The summed E-state index contributed by atoms with van der Waals surface area (Å²) in [7, 11) is 3.68. The highest BCUT2D eigenvalue weighted by Gasteiger charge is 2.07. The van der Waals surface area contributed by atoms with Gasteiger partial charge < -0.3 is 14.3 Å². The molecule has 1 aromatic carbocycles. The molecule has 0 aliphatic heterocycles. The minimum atomic E-state index is -0.143. The molecule has 0 unspecified atom stereocenters. The first-order valence-corrected chi connectivity index (χ1v) is 6.69. The Bertz CT molecular complexity index is 623. The molecule has 0 aliphatic rings. The van der Waals surface area contributed by atoms with E-state index in [1.165, 1.54) is 0 Å². The average Bonchev–Trinajstić information content (AvgIpc) is 2.98. The van der Waals surface area contributed by atoms with Crippen molar-refractivity contribution in [2.75, 3.05) is 20.8 Å². The van der Waals surface area contributed by atoms with Crippen molar-refractivity contribution in [2.24, 2.45) is 0 Å². The lowest BCUT2D eigenvalue weighted by Gasteiger charge is -2.17. The van der Waals surface area contributed by atoms with Gasteiger partial charge in [-0.25, -0.2) is 0 Å². The lowest BCUT2D eigenvalue weighted by molar-refractivity contribution is 0.316. The molecule has 110 valence electrons. The maximum absolute atomic E-state index is 8.85. The van der Waals surface area contributed by atoms with Crippen molar-refractivity contribution in [3.05, 3.63) is 53.5 Å². The summed E-state index contributed by atoms with van der Waals surface area (Å²) in [5.74, 6) is 6.47. The highest BCUT2D eigenvalue weighted by molar-refractivity contribution is 5.45. The van der Waals surface area contributed by atoms with E-state index in [9.17, 15) is 0 Å². The number of nitrogens with zero attached hydrogens (tertiary/aromatic N) is 1.